The van der Waals surface area contributed by atoms with Crippen molar-refractivity contribution in [2.45, 2.75) is 25.3 Å². The first-order chi connectivity index (χ1) is 17.7. The first kappa shape index (κ1) is 25.7. The Hall–Kier alpha value is -4.39. The van der Waals surface area contributed by atoms with Gasteiger partial charge in [-0.15, -0.1) is 0 Å². The number of piperazine rings is 1. The van der Waals surface area contributed by atoms with Gasteiger partial charge in [-0.05, 0) is 30.5 Å². The molecule has 5 amide bonds. The molecular formula is C24H25BN4O8. The quantitative estimate of drug-likeness (QED) is 0.312. The average Bonchev–Trinajstić information content (AvgIpc) is 2.89. The number of rotatable bonds is 6. The maximum Gasteiger partial charge on any atom is 0.547 e. The molecule has 0 saturated carbocycles. The van der Waals surface area contributed by atoms with E-state index in [9.17, 15) is 34.1 Å². The molecule has 4 N–H and O–H groups in total. The predicted octanol–water partition coefficient (Wildman–Crippen LogP) is -0.0342. The highest BCUT2D eigenvalue weighted by atomic mass is 16.5. The molecule has 2 aromatic carbocycles. The molecule has 4 rings (SSSR count). The Labute approximate surface area is 212 Å². The second kappa shape index (κ2) is 10.7. The van der Waals surface area contributed by atoms with Crippen molar-refractivity contribution in [1.82, 2.24) is 20.4 Å². The normalized spacial score (nSPS) is 18.0. The standard InChI is InChI=1S/C24H25BN4O8/c1-2-28-11-12-29(22(32)21(28)31)24(35)27-18(14-7-4-3-5-8-14)20(30)26-17-13-15-9-6-10-16(23(33)34)19(15)37-25(17)36/h3-10,17-18,36H,2,11-13H2,1H3,(H,26,30)(H,27,35)(H,33,34)/t17-,18+/m0/s1. The van der Waals surface area contributed by atoms with Gasteiger partial charge in [0, 0.05) is 19.6 Å². The van der Waals surface area contributed by atoms with E-state index in [1.54, 1.807) is 43.3 Å². The fourth-order valence-corrected chi connectivity index (χ4v) is 4.30. The van der Waals surface area contributed by atoms with Crippen molar-refractivity contribution < 1.29 is 38.8 Å². The van der Waals surface area contributed by atoms with Crippen LogP contribution < -0.4 is 15.3 Å². The van der Waals surface area contributed by atoms with Crippen molar-refractivity contribution in [3.05, 3.63) is 65.2 Å². The molecule has 0 aliphatic carbocycles. The molecule has 2 aliphatic rings. The topological polar surface area (TPSA) is 166 Å². The lowest BCUT2D eigenvalue weighted by Crippen LogP contribution is -2.60. The van der Waals surface area contributed by atoms with Crippen LogP contribution >= 0.6 is 0 Å². The molecule has 2 heterocycles. The predicted molar refractivity (Wildman–Crippen MR) is 129 cm³/mol. The van der Waals surface area contributed by atoms with E-state index in [4.69, 9.17) is 4.65 Å². The van der Waals surface area contributed by atoms with Gasteiger partial charge in [0.2, 0.25) is 5.91 Å². The van der Waals surface area contributed by atoms with Gasteiger partial charge in [-0.3, -0.25) is 19.3 Å². The highest BCUT2D eigenvalue weighted by Gasteiger charge is 2.40. The highest BCUT2D eigenvalue weighted by Crippen LogP contribution is 2.30. The van der Waals surface area contributed by atoms with Crippen molar-refractivity contribution in [2.24, 2.45) is 0 Å². The van der Waals surface area contributed by atoms with Crippen molar-refractivity contribution in [2.75, 3.05) is 19.6 Å². The Bertz CT molecular complexity index is 1240. The number of para-hydroxylation sites is 1. The van der Waals surface area contributed by atoms with Gasteiger partial charge in [0.05, 0.1) is 11.5 Å². The van der Waals surface area contributed by atoms with Crippen LogP contribution in [0.3, 0.4) is 0 Å². The fraction of sp³-hybridized carbons (Fsp3) is 0.292. The van der Waals surface area contributed by atoms with Crippen LogP contribution in [0.1, 0.15) is 34.5 Å². The van der Waals surface area contributed by atoms with E-state index >= 15 is 0 Å². The van der Waals surface area contributed by atoms with E-state index in [0.29, 0.717) is 17.7 Å². The van der Waals surface area contributed by atoms with Crippen LogP contribution in [-0.4, -0.2) is 82.3 Å². The summed E-state index contributed by atoms with van der Waals surface area (Å²) in [6.45, 7) is 2.21. The Morgan fingerprint density at radius 1 is 1.08 bits per heavy atom. The Morgan fingerprint density at radius 2 is 1.81 bits per heavy atom. The number of carbonyl (C=O) groups excluding carboxylic acids is 4. The second-order valence-electron chi connectivity index (χ2n) is 8.56. The minimum atomic E-state index is -1.55. The molecule has 0 aromatic heterocycles. The molecule has 0 radical (unpaired) electrons. The van der Waals surface area contributed by atoms with Crippen LogP contribution in [0.25, 0.3) is 0 Å². The van der Waals surface area contributed by atoms with E-state index in [-0.39, 0.29) is 30.8 Å². The summed E-state index contributed by atoms with van der Waals surface area (Å²) in [7, 11) is -1.55. The number of likely N-dealkylation sites (N-methyl/N-ethyl adjacent to an activating group) is 1. The Balaban J connectivity index is 1.52. The van der Waals surface area contributed by atoms with Crippen LogP contribution in [0.4, 0.5) is 4.79 Å². The molecule has 1 saturated heterocycles. The lowest BCUT2D eigenvalue weighted by molar-refractivity contribution is -0.153. The third-order valence-corrected chi connectivity index (χ3v) is 6.28. The number of fused-ring (bicyclic) bond motifs is 1. The van der Waals surface area contributed by atoms with Crippen LogP contribution in [-0.2, 0) is 20.8 Å². The molecule has 0 spiro atoms. The minimum absolute atomic E-state index is 0.0226. The molecule has 37 heavy (non-hydrogen) atoms. The lowest BCUT2D eigenvalue weighted by Gasteiger charge is -2.33. The van der Waals surface area contributed by atoms with Gasteiger partial charge in [0.25, 0.3) is 0 Å². The first-order valence-electron chi connectivity index (χ1n) is 11.7. The number of nitrogens with zero attached hydrogens (tertiary/aromatic N) is 2. The largest absolute Gasteiger partial charge is 0.547 e. The zero-order valence-corrected chi connectivity index (χ0v) is 19.9. The minimum Gasteiger partial charge on any atom is -0.534 e. The van der Waals surface area contributed by atoms with Crippen LogP contribution in [0.15, 0.2) is 48.5 Å². The van der Waals surface area contributed by atoms with E-state index in [0.717, 1.165) is 4.90 Å². The summed E-state index contributed by atoms with van der Waals surface area (Å²) in [6.07, 6.45) is 0.0742. The molecule has 2 aromatic rings. The van der Waals surface area contributed by atoms with Crippen LogP contribution in [0.5, 0.6) is 5.75 Å². The summed E-state index contributed by atoms with van der Waals surface area (Å²) in [5, 5.41) is 25.0. The molecule has 0 unspecified atom stereocenters. The SMILES string of the molecule is CCN1CCN(C(=O)N[C@@H](C(=O)N[C@H]2Cc3cccc(C(=O)O)c3OB2O)c2ccccc2)C(=O)C1=O. The number of amides is 5. The van der Waals surface area contributed by atoms with Gasteiger partial charge in [-0.2, -0.15) is 0 Å². The fourth-order valence-electron chi connectivity index (χ4n) is 4.30. The summed E-state index contributed by atoms with van der Waals surface area (Å²) in [5.41, 5.74) is 0.769. The van der Waals surface area contributed by atoms with E-state index in [2.05, 4.69) is 10.6 Å². The molecule has 192 valence electrons. The van der Waals surface area contributed by atoms with Gasteiger partial charge in [0.15, 0.2) is 0 Å². The van der Waals surface area contributed by atoms with Crippen molar-refractivity contribution >= 4 is 36.8 Å². The van der Waals surface area contributed by atoms with Crippen LogP contribution in [0.2, 0.25) is 0 Å². The smallest absolute Gasteiger partial charge is 0.534 e. The van der Waals surface area contributed by atoms with Gasteiger partial charge in [-0.1, -0.05) is 42.5 Å². The van der Waals surface area contributed by atoms with Crippen molar-refractivity contribution in [3.63, 3.8) is 0 Å². The van der Waals surface area contributed by atoms with Crippen molar-refractivity contribution in [3.8, 4) is 5.75 Å². The molecule has 2 atom stereocenters. The third-order valence-electron chi connectivity index (χ3n) is 6.28. The molecule has 2 aliphatic heterocycles. The number of hydrogen-bond donors (Lipinski definition) is 4. The van der Waals surface area contributed by atoms with Crippen LogP contribution in [0, 0.1) is 0 Å². The Morgan fingerprint density at radius 3 is 2.49 bits per heavy atom. The first-order valence-corrected chi connectivity index (χ1v) is 11.7. The molecule has 1 fully saturated rings. The maximum absolute atomic E-state index is 13.3. The molecule has 12 nitrogen and oxygen atoms in total. The highest BCUT2D eigenvalue weighted by molar-refractivity contribution is 6.47. The second-order valence-corrected chi connectivity index (χ2v) is 8.56. The van der Waals surface area contributed by atoms with Gasteiger partial charge >= 0.3 is 30.9 Å². The number of hydrogen-bond acceptors (Lipinski definition) is 7. The number of nitrogens with one attached hydrogen (secondary N) is 2. The monoisotopic (exact) mass is 508 g/mol. The average molecular weight is 508 g/mol. The third kappa shape index (κ3) is 5.26. The maximum atomic E-state index is 13.3. The van der Waals surface area contributed by atoms with Gasteiger partial charge in [-0.25, -0.2) is 9.59 Å². The summed E-state index contributed by atoms with van der Waals surface area (Å²) >= 11 is 0. The molecule has 0 bridgehead atoms. The lowest BCUT2D eigenvalue weighted by atomic mass is 9.72. The molecule has 13 heteroatoms. The summed E-state index contributed by atoms with van der Waals surface area (Å²) in [6, 6.07) is 10.6. The summed E-state index contributed by atoms with van der Waals surface area (Å²) < 4.78 is 5.42. The molecular weight excluding hydrogens is 483 g/mol. The van der Waals surface area contributed by atoms with Gasteiger partial charge < -0.3 is 30.3 Å². The number of imide groups is 1. The number of carboxylic acid groups (broad SMARTS) is 1. The zero-order chi connectivity index (χ0) is 26.7. The number of carboxylic acids is 1. The number of aromatic carboxylic acids is 1. The number of carbonyl (C=O) groups is 5. The number of urea groups is 1. The van der Waals surface area contributed by atoms with E-state index in [1.807, 2.05) is 0 Å². The van der Waals surface area contributed by atoms with Gasteiger partial charge in [0.1, 0.15) is 11.8 Å². The van der Waals surface area contributed by atoms with E-state index < -0.39 is 48.8 Å². The van der Waals surface area contributed by atoms with E-state index in [1.165, 1.54) is 17.0 Å². The number of benzene rings is 2. The zero-order valence-electron chi connectivity index (χ0n) is 19.9. The summed E-state index contributed by atoms with van der Waals surface area (Å²) in [4.78, 5) is 64.6. The Kier molecular flexibility index (Phi) is 7.43. The van der Waals surface area contributed by atoms with Crippen molar-refractivity contribution in [1.29, 1.82) is 0 Å². The summed E-state index contributed by atoms with van der Waals surface area (Å²) in [5.74, 6) is -4.63.